The molecule has 0 saturated heterocycles. The summed E-state index contributed by atoms with van der Waals surface area (Å²) in [5.74, 6) is 0.378. The summed E-state index contributed by atoms with van der Waals surface area (Å²) in [6.45, 7) is 8.47. The minimum absolute atomic E-state index is 0.378. The van der Waals surface area contributed by atoms with Crippen LogP contribution in [-0.4, -0.2) is 23.9 Å². The molecule has 2 nitrogen and oxygen atoms in total. The number of hydrogen-bond acceptors (Lipinski definition) is 1. The number of amides is 1. The summed E-state index contributed by atoms with van der Waals surface area (Å²) >= 11 is 0. The van der Waals surface area contributed by atoms with Gasteiger partial charge >= 0.3 is 0 Å². The quantitative estimate of drug-likeness (QED) is 0.200. The Bertz CT molecular complexity index is 284. The van der Waals surface area contributed by atoms with Crippen molar-refractivity contribution in [3.05, 3.63) is 0 Å². The van der Waals surface area contributed by atoms with E-state index in [1.54, 1.807) is 0 Å². The monoisotopic (exact) mass is 367 g/mol. The predicted molar refractivity (Wildman–Crippen MR) is 117 cm³/mol. The molecule has 0 aliphatic rings. The van der Waals surface area contributed by atoms with Crippen molar-refractivity contribution in [3.63, 3.8) is 0 Å². The highest BCUT2D eigenvalue weighted by atomic mass is 16.2. The van der Waals surface area contributed by atoms with Crippen molar-refractivity contribution < 1.29 is 4.79 Å². The van der Waals surface area contributed by atoms with Crippen LogP contribution in [0.3, 0.4) is 0 Å². The van der Waals surface area contributed by atoms with Gasteiger partial charge in [0.2, 0.25) is 5.91 Å². The lowest BCUT2D eigenvalue weighted by Crippen LogP contribution is -2.32. The van der Waals surface area contributed by atoms with E-state index in [1.165, 1.54) is 89.9 Å². The highest BCUT2D eigenvalue weighted by Gasteiger charge is 2.10. The molecular formula is C24H49NO. The molecule has 0 saturated carbocycles. The van der Waals surface area contributed by atoms with Crippen LogP contribution in [0.4, 0.5) is 0 Å². The molecule has 0 spiro atoms. The third kappa shape index (κ3) is 16.9. The zero-order valence-electron chi connectivity index (χ0n) is 18.5. The molecule has 26 heavy (non-hydrogen) atoms. The second-order valence-corrected chi connectivity index (χ2v) is 8.08. The van der Waals surface area contributed by atoms with Gasteiger partial charge in [-0.15, -0.1) is 0 Å². The van der Waals surface area contributed by atoms with Gasteiger partial charge in [0.1, 0.15) is 0 Å². The molecule has 0 N–H and O–H groups in total. The van der Waals surface area contributed by atoms with Gasteiger partial charge in [-0.05, 0) is 19.3 Å². The molecule has 2 heteroatoms. The summed E-state index contributed by atoms with van der Waals surface area (Å²) in [7, 11) is 0. The van der Waals surface area contributed by atoms with Crippen LogP contribution in [0.25, 0.3) is 0 Å². The van der Waals surface area contributed by atoms with E-state index in [0.717, 1.165) is 38.8 Å². The van der Waals surface area contributed by atoms with Gasteiger partial charge in [0.25, 0.3) is 0 Å². The van der Waals surface area contributed by atoms with E-state index in [1.807, 2.05) is 0 Å². The van der Waals surface area contributed by atoms with Gasteiger partial charge in [-0.1, -0.05) is 111 Å². The van der Waals surface area contributed by atoms with Crippen molar-refractivity contribution in [2.45, 2.75) is 136 Å². The van der Waals surface area contributed by atoms with Gasteiger partial charge in [-0.2, -0.15) is 0 Å². The molecule has 0 heterocycles. The summed E-state index contributed by atoms with van der Waals surface area (Å²) in [6, 6.07) is 0. The van der Waals surface area contributed by atoms with Crippen LogP contribution >= 0.6 is 0 Å². The van der Waals surface area contributed by atoms with E-state index in [0.29, 0.717) is 5.91 Å². The molecule has 0 fully saturated rings. The largest absolute Gasteiger partial charge is 0.343 e. The summed E-state index contributed by atoms with van der Waals surface area (Å²) in [5.41, 5.74) is 0. The van der Waals surface area contributed by atoms with Crippen molar-refractivity contribution in [1.29, 1.82) is 0 Å². The smallest absolute Gasteiger partial charge is 0.222 e. The molecule has 1 amide bonds. The Morgan fingerprint density at radius 3 is 1.19 bits per heavy atom. The maximum absolute atomic E-state index is 12.2. The van der Waals surface area contributed by atoms with Crippen molar-refractivity contribution in [3.8, 4) is 0 Å². The second kappa shape index (κ2) is 20.8. The van der Waals surface area contributed by atoms with Crippen LogP contribution in [0.5, 0.6) is 0 Å². The Morgan fingerprint density at radius 1 is 0.500 bits per heavy atom. The van der Waals surface area contributed by atoms with Gasteiger partial charge in [-0.25, -0.2) is 0 Å². The number of rotatable bonds is 20. The topological polar surface area (TPSA) is 20.3 Å². The van der Waals surface area contributed by atoms with Gasteiger partial charge < -0.3 is 4.90 Å². The van der Waals surface area contributed by atoms with Crippen LogP contribution < -0.4 is 0 Å². The number of unbranched alkanes of at least 4 members (excludes halogenated alkanes) is 14. The van der Waals surface area contributed by atoms with Crippen LogP contribution in [0.2, 0.25) is 0 Å². The fraction of sp³-hybridized carbons (Fsp3) is 0.958. The third-order valence-corrected chi connectivity index (χ3v) is 5.33. The third-order valence-electron chi connectivity index (χ3n) is 5.33. The average Bonchev–Trinajstić information content (AvgIpc) is 2.64. The molecule has 156 valence electrons. The van der Waals surface area contributed by atoms with Gasteiger partial charge in [0.15, 0.2) is 0 Å². The first kappa shape index (κ1) is 25.5. The maximum atomic E-state index is 12.2. The SMILES string of the molecule is CCCCCCCCCCCCCCCCCC(=O)N(CCC)CCC. The van der Waals surface area contributed by atoms with E-state index in [-0.39, 0.29) is 0 Å². The summed E-state index contributed by atoms with van der Waals surface area (Å²) in [6.07, 6.45) is 23.6. The molecule has 0 rings (SSSR count). The molecule has 0 aliphatic carbocycles. The number of carbonyl (C=O) groups is 1. The molecule has 0 unspecified atom stereocenters. The fourth-order valence-corrected chi connectivity index (χ4v) is 3.71. The van der Waals surface area contributed by atoms with E-state index >= 15 is 0 Å². The normalized spacial score (nSPS) is 11.0. The number of carbonyl (C=O) groups excluding carboxylic acids is 1. The van der Waals surface area contributed by atoms with Crippen molar-refractivity contribution >= 4 is 5.91 Å². The Hall–Kier alpha value is -0.530. The first-order chi connectivity index (χ1) is 12.8. The first-order valence-electron chi connectivity index (χ1n) is 12.0. The van der Waals surface area contributed by atoms with Crippen molar-refractivity contribution in [2.24, 2.45) is 0 Å². The van der Waals surface area contributed by atoms with Gasteiger partial charge in [-0.3, -0.25) is 4.79 Å². The van der Waals surface area contributed by atoms with Crippen molar-refractivity contribution in [2.75, 3.05) is 13.1 Å². The van der Waals surface area contributed by atoms with Crippen molar-refractivity contribution in [1.82, 2.24) is 4.90 Å². The molecule has 0 aliphatic heterocycles. The Labute approximate surface area is 165 Å². The lowest BCUT2D eigenvalue weighted by atomic mass is 10.0. The molecule has 0 radical (unpaired) electrons. The van der Waals surface area contributed by atoms with Crippen LogP contribution in [0.15, 0.2) is 0 Å². The second-order valence-electron chi connectivity index (χ2n) is 8.08. The Morgan fingerprint density at radius 2 is 0.846 bits per heavy atom. The molecule has 0 atom stereocenters. The lowest BCUT2D eigenvalue weighted by molar-refractivity contribution is -0.131. The number of hydrogen-bond donors (Lipinski definition) is 0. The van der Waals surface area contributed by atoms with E-state index in [9.17, 15) is 4.79 Å². The first-order valence-corrected chi connectivity index (χ1v) is 12.0. The highest BCUT2D eigenvalue weighted by Crippen LogP contribution is 2.14. The van der Waals surface area contributed by atoms with E-state index in [2.05, 4.69) is 25.7 Å². The summed E-state index contributed by atoms with van der Waals surface area (Å²) < 4.78 is 0. The summed E-state index contributed by atoms with van der Waals surface area (Å²) in [5, 5.41) is 0. The zero-order chi connectivity index (χ0) is 19.3. The molecule has 0 aromatic carbocycles. The van der Waals surface area contributed by atoms with Gasteiger partial charge in [0.05, 0.1) is 0 Å². The minimum Gasteiger partial charge on any atom is -0.343 e. The number of nitrogens with zero attached hydrogens (tertiary/aromatic N) is 1. The van der Waals surface area contributed by atoms with Gasteiger partial charge in [0, 0.05) is 19.5 Å². The predicted octanol–water partition coefficient (Wildman–Crippen LogP) is 7.90. The Kier molecular flexibility index (Phi) is 20.4. The highest BCUT2D eigenvalue weighted by molar-refractivity contribution is 5.76. The summed E-state index contributed by atoms with van der Waals surface area (Å²) in [4.78, 5) is 14.2. The molecule has 0 aromatic heterocycles. The standard InChI is InChI=1S/C24H49NO/c1-4-7-8-9-10-11-12-13-14-15-16-17-18-19-20-21-24(26)25(22-5-2)23-6-3/h4-23H2,1-3H3. The lowest BCUT2D eigenvalue weighted by Gasteiger charge is -2.21. The molecular weight excluding hydrogens is 318 g/mol. The van der Waals surface area contributed by atoms with Crippen LogP contribution in [0.1, 0.15) is 136 Å². The maximum Gasteiger partial charge on any atom is 0.222 e. The fourth-order valence-electron chi connectivity index (χ4n) is 3.71. The molecule has 0 bridgehead atoms. The average molecular weight is 368 g/mol. The minimum atomic E-state index is 0.378. The molecule has 0 aromatic rings. The van der Waals surface area contributed by atoms with Crippen LogP contribution in [-0.2, 0) is 4.79 Å². The van der Waals surface area contributed by atoms with Crippen LogP contribution in [0, 0.1) is 0 Å². The van der Waals surface area contributed by atoms with E-state index < -0.39 is 0 Å². The Balaban J connectivity index is 3.29. The zero-order valence-corrected chi connectivity index (χ0v) is 18.5. The van der Waals surface area contributed by atoms with E-state index in [4.69, 9.17) is 0 Å².